The summed E-state index contributed by atoms with van der Waals surface area (Å²) < 4.78 is 0. The quantitative estimate of drug-likeness (QED) is 0.178. The number of benzene rings is 3. The third-order valence-electron chi connectivity index (χ3n) is 10.3. The number of hydrogen-bond acceptors (Lipinski definition) is 5. The van der Waals surface area contributed by atoms with Crippen LogP contribution in [0.25, 0.3) is 38.5 Å². The minimum Gasteiger partial charge on any atom is -0.256 e. The average molecular weight is 660 g/mol. The van der Waals surface area contributed by atoms with Gasteiger partial charge in [-0.05, 0) is 53.2 Å². The summed E-state index contributed by atoms with van der Waals surface area (Å²) in [5.74, 6) is 2.89. The van der Waals surface area contributed by atoms with E-state index in [2.05, 4.69) is 140 Å². The average Bonchev–Trinajstić information content (AvgIpc) is 3.20. The summed E-state index contributed by atoms with van der Waals surface area (Å²) >= 11 is 0. The van der Waals surface area contributed by atoms with E-state index in [1.807, 2.05) is 24.5 Å². The SMILES string of the molecule is CC1C=C(c2ccccc2)C=CC1c1nc(C2C=CC(c3cccc4cccnc34)=CC2)nc(C2C=CC(c3cccc4cccnc34)=CC2)n1. The number of aromatic nitrogens is 5. The van der Waals surface area contributed by atoms with E-state index in [4.69, 9.17) is 24.9 Å². The first kappa shape index (κ1) is 30.9. The molecule has 0 radical (unpaired) electrons. The first-order valence-electron chi connectivity index (χ1n) is 17.8. The van der Waals surface area contributed by atoms with Crippen LogP contribution in [0.4, 0.5) is 0 Å². The Balaban J connectivity index is 1.04. The molecule has 3 aromatic heterocycles. The van der Waals surface area contributed by atoms with Crippen molar-refractivity contribution >= 4 is 38.5 Å². The van der Waals surface area contributed by atoms with Gasteiger partial charge in [0.2, 0.25) is 0 Å². The zero-order valence-electron chi connectivity index (χ0n) is 28.5. The van der Waals surface area contributed by atoms with E-state index in [1.165, 1.54) is 22.3 Å². The van der Waals surface area contributed by atoms with Crippen LogP contribution in [0.5, 0.6) is 0 Å². The fourth-order valence-corrected chi connectivity index (χ4v) is 7.57. The highest BCUT2D eigenvalue weighted by Crippen LogP contribution is 2.38. The van der Waals surface area contributed by atoms with Crippen LogP contribution in [0.3, 0.4) is 0 Å². The van der Waals surface area contributed by atoms with Crippen LogP contribution in [0.2, 0.25) is 0 Å². The van der Waals surface area contributed by atoms with Gasteiger partial charge in [0.15, 0.2) is 0 Å². The summed E-state index contributed by atoms with van der Waals surface area (Å²) in [7, 11) is 0. The molecule has 0 spiro atoms. The van der Waals surface area contributed by atoms with Crippen molar-refractivity contribution in [2.24, 2.45) is 5.92 Å². The molecule has 0 bridgehead atoms. The van der Waals surface area contributed by atoms with Gasteiger partial charge in [0.25, 0.3) is 0 Å². The second-order valence-corrected chi connectivity index (χ2v) is 13.6. The van der Waals surface area contributed by atoms with Crippen LogP contribution in [0.1, 0.15) is 71.7 Å². The Labute approximate surface area is 298 Å². The molecule has 3 heterocycles. The van der Waals surface area contributed by atoms with Crippen molar-refractivity contribution in [3.05, 3.63) is 192 Å². The van der Waals surface area contributed by atoms with E-state index >= 15 is 0 Å². The van der Waals surface area contributed by atoms with Crippen LogP contribution in [-0.4, -0.2) is 24.9 Å². The van der Waals surface area contributed by atoms with Crippen molar-refractivity contribution in [2.75, 3.05) is 0 Å². The van der Waals surface area contributed by atoms with Crippen molar-refractivity contribution in [2.45, 2.75) is 37.5 Å². The lowest BCUT2D eigenvalue weighted by atomic mass is 9.84. The van der Waals surface area contributed by atoms with Gasteiger partial charge >= 0.3 is 0 Å². The Hall–Kier alpha value is -6.07. The minimum absolute atomic E-state index is 0.0518. The zero-order valence-corrected chi connectivity index (χ0v) is 28.5. The van der Waals surface area contributed by atoms with Crippen molar-refractivity contribution in [1.29, 1.82) is 0 Å². The molecule has 4 atom stereocenters. The van der Waals surface area contributed by atoms with E-state index in [9.17, 15) is 0 Å². The Morgan fingerprint density at radius 2 is 1.04 bits per heavy atom. The molecule has 4 unspecified atom stereocenters. The summed E-state index contributed by atoms with van der Waals surface area (Å²) in [5.41, 5.74) is 9.18. The normalized spacial score (nSPS) is 21.4. The van der Waals surface area contributed by atoms with E-state index in [-0.39, 0.29) is 23.7 Å². The topological polar surface area (TPSA) is 64.5 Å². The number of allylic oxidation sites excluding steroid dienone is 12. The molecule has 0 fully saturated rings. The van der Waals surface area contributed by atoms with Gasteiger partial charge < -0.3 is 0 Å². The maximum absolute atomic E-state index is 5.22. The highest BCUT2D eigenvalue weighted by atomic mass is 15.0. The van der Waals surface area contributed by atoms with Crippen molar-refractivity contribution in [3.8, 4) is 0 Å². The maximum Gasteiger partial charge on any atom is 0.140 e. The lowest BCUT2D eigenvalue weighted by molar-refractivity contribution is 0.575. The summed E-state index contributed by atoms with van der Waals surface area (Å²) in [6, 6.07) is 31.5. The molecule has 3 aliphatic carbocycles. The number of nitrogens with zero attached hydrogens (tertiary/aromatic N) is 5. The molecule has 246 valence electrons. The predicted octanol–water partition coefficient (Wildman–Crippen LogP) is 10.6. The number of rotatable bonds is 6. The van der Waals surface area contributed by atoms with Crippen molar-refractivity contribution in [3.63, 3.8) is 0 Å². The Morgan fingerprint density at radius 1 is 0.510 bits per heavy atom. The standard InChI is InChI=1S/C46H37N5/c1-30-29-38(31-9-3-2-4-10-31)25-26-39(30)46-50-44(36-21-17-32(18-22-36)40-15-5-11-34-13-7-27-47-42(34)40)49-45(51-46)37-23-19-33(20-24-37)41-16-6-12-35-14-8-28-48-43(35)41/h2-21,23,25-30,36-37,39H,22,24H2,1H3. The molecular formula is C46H37N5. The number of para-hydroxylation sites is 2. The first-order valence-corrected chi connectivity index (χ1v) is 17.8. The van der Waals surface area contributed by atoms with E-state index in [0.29, 0.717) is 0 Å². The molecule has 0 amide bonds. The molecule has 0 saturated carbocycles. The van der Waals surface area contributed by atoms with Crippen LogP contribution in [0.15, 0.2) is 158 Å². The van der Waals surface area contributed by atoms with E-state index in [0.717, 1.165) is 63.2 Å². The Morgan fingerprint density at radius 3 is 1.57 bits per heavy atom. The van der Waals surface area contributed by atoms with Crippen LogP contribution < -0.4 is 0 Å². The molecule has 9 rings (SSSR count). The van der Waals surface area contributed by atoms with Crippen LogP contribution in [0, 0.1) is 5.92 Å². The van der Waals surface area contributed by atoms with E-state index < -0.39 is 0 Å². The molecule has 5 nitrogen and oxygen atoms in total. The number of pyridine rings is 2. The summed E-state index contributed by atoms with van der Waals surface area (Å²) in [5, 5.41) is 2.29. The molecule has 5 heteroatoms. The molecule has 51 heavy (non-hydrogen) atoms. The Kier molecular flexibility index (Phi) is 8.09. The minimum atomic E-state index is 0.0518. The molecule has 3 aromatic carbocycles. The number of hydrogen-bond donors (Lipinski definition) is 0. The third-order valence-corrected chi connectivity index (χ3v) is 10.3. The van der Waals surface area contributed by atoms with E-state index in [1.54, 1.807) is 0 Å². The molecular weight excluding hydrogens is 623 g/mol. The van der Waals surface area contributed by atoms with Gasteiger partial charge in [0.05, 0.1) is 11.0 Å². The fraction of sp³-hybridized carbons (Fsp3) is 0.152. The first-order chi connectivity index (χ1) is 25.2. The van der Waals surface area contributed by atoms with Gasteiger partial charge in [-0.2, -0.15) is 0 Å². The lowest BCUT2D eigenvalue weighted by Gasteiger charge is -2.25. The van der Waals surface area contributed by atoms with Gasteiger partial charge in [-0.1, -0.05) is 140 Å². The van der Waals surface area contributed by atoms with Crippen molar-refractivity contribution in [1.82, 2.24) is 24.9 Å². The van der Waals surface area contributed by atoms with Crippen molar-refractivity contribution < 1.29 is 0 Å². The lowest BCUT2D eigenvalue weighted by Crippen LogP contribution is -2.19. The number of fused-ring (bicyclic) bond motifs is 2. The third kappa shape index (κ3) is 6.06. The fourth-order valence-electron chi connectivity index (χ4n) is 7.57. The highest BCUT2D eigenvalue weighted by Gasteiger charge is 2.27. The molecule has 3 aliphatic rings. The molecule has 0 saturated heterocycles. The zero-order chi connectivity index (χ0) is 34.1. The largest absolute Gasteiger partial charge is 0.256 e. The second kappa shape index (κ2) is 13.3. The van der Waals surface area contributed by atoms with Gasteiger partial charge in [0.1, 0.15) is 17.5 Å². The summed E-state index contributed by atoms with van der Waals surface area (Å²) in [6.45, 7) is 2.27. The maximum atomic E-state index is 5.22. The van der Waals surface area contributed by atoms with Gasteiger partial charge in [-0.25, -0.2) is 15.0 Å². The Bertz CT molecular complexity index is 2330. The monoisotopic (exact) mass is 659 g/mol. The molecule has 0 aliphatic heterocycles. The van der Waals surface area contributed by atoms with Gasteiger partial charge in [0, 0.05) is 52.0 Å². The van der Waals surface area contributed by atoms with Crippen LogP contribution >= 0.6 is 0 Å². The molecule has 6 aromatic rings. The smallest absolute Gasteiger partial charge is 0.140 e. The van der Waals surface area contributed by atoms with Gasteiger partial charge in [-0.15, -0.1) is 0 Å². The van der Waals surface area contributed by atoms with Gasteiger partial charge in [-0.3, -0.25) is 9.97 Å². The summed E-state index contributed by atoms with van der Waals surface area (Å²) in [4.78, 5) is 25.1. The summed E-state index contributed by atoms with van der Waals surface area (Å²) in [6.07, 6.45) is 25.8. The highest BCUT2D eigenvalue weighted by molar-refractivity contribution is 5.94. The second-order valence-electron chi connectivity index (χ2n) is 13.6. The molecule has 0 N–H and O–H groups in total. The predicted molar refractivity (Wildman–Crippen MR) is 208 cm³/mol. The van der Waals surface area contributed by atoms with Crippen LogP contribution in [-0.2, 0) is 0 Å².